The zero-order valence-electron chi connectivity index (χ0n) is 12.8. The predicted molar refractivity (Wildman–Crippen MR) is 98.1 cm³/mol. The summed E-state index contributed by atoms with van der Waals surface area (Å²) in [7, 11) is 2.93. The van der Waals surface area contributed by atoms with Crippen LogP contribution in [0.2, 0.25) is 0 Å². The lowest BCUT2D eigenvalue weighted by molar-refractivity contribution is 0.0952. The quantitative estimate of drug-likeness (QED) is 0.530. The van der Waals surface area contributed by atoms with Gasteiger partial charge < -0.3 is 14.6 Å². The van der Waals surface area contributed by atoms with Crippen molar-refractivity contribution in [2.75, 3.05) is 14.2 Å². The molecule has 0 saturated heterocycles. The molecule has 2 N–H and O–H groups in total. The van der Waals surface area contributed by atoms with E-state index in [2.05, 4.69) is 42.4 Å². The Morgan fingerprint density at radius 3 is 2.50 bits per heavy atom. The number of hydrogen-bond donors (Lipinski definition) is 2. The zero-order valence-corrected chi connectivity index (χ0v) is 16.0. The van der Waals surface area contributed by atoms with E-state index in [0.29, 0.717) is 27.1 Å². The number of rotatable bonds is 5. The van der Waals surface area contributed by atoms with Gasteiger partial charge in [0.2, 0.25) is 0 Å². The first-order valence-corrected chi connectivity index (χ1v) is 8.28. The van der Waals surface area contributed by atoms with Crippen LogP contribution in [0.3, 0.4) is 0 Å². The lowest BCUT2D eigenvalue weighted by Gasteiger charge is -2.08. The SMILES string of the molecule is COc1ccc(Br)cc1C(=O)NN=Cc1cc(Br)cc(OC)c1O. The standard InChI is InChI=1S/C16H14Br2N2O4/c1-23-13-4-3-10(17)6-12(13)16(22)20-19-8-9-5-11(18)7-14(24-2)15(9)21/h3-8,21H,1-2H3,(H,20,22). The number of carbonyl (C=O) groups excluding carboxylic acids is 1. The summed E-state index contributed by atoms with van der Waals surface area (Å²) in [6.45, 7) is 0. The molecule has 0 aliphatic carbocycles. The first-order chi connectivity index (χ1) is 11.5. The Kier molecular flexibility index (Phi) is 6.22. The molecule has 0 bridgehead atoms. The smallest absolute Gasteiger partial charge is 0.275 e. The van der Waals surface area contributed by atoms with E-state index in [0.717, 1.165) is 4.47 Å². The number of phenolic OH excluding ortho intramolecular Hbond substituents is 1. The van der Waals surface area contributed by atoms with Crippen LogP contribution in [-0.2, 0) is 0 Å². The number of ether oxygens (including phenoxy) is 2. The van der Waals surface area contributed by atoms with E-state index in [1.807, 2.05) is 0 Å². The molecule has 1 amide bonds. The maximum Gasteiger partial charge on any atom is 0.275 e. The number of methoxy groups -OCH3 is 2. The van der Waals surface area contributed by atoms with Crippen molar-refractivity contribution in [1.82, 2.24) is 5.43 Å². The van der Waals surface area contributed by atoms with Gasteiger partial charge in [0.1, 0.15) is 5.75 Å². The minimum atomic E-state index is -0.439. The third-order valence-electron chi connectivity index (χ3n) is 3.06. The number of nitrogens with zero attached hydrogens (tertiary/aromatic N) is 1. The van der Waals surface area contributed by atoms with Gasteiger partial charge in [-0.05, 0) is 30.3 Å². The number of aromatic hydroxyl groups is 1. The van der Waals surface area contributed by atoms with Gasteiger partial charge in [0, 0.05) is 14.5 Å². The molecule has 0 aromatic heterocycles. The van der Waals surface area contributed by atoms with Crippen LogP contribution in [0.15, 0.2) is 44.4 Å². The molecule has 0 radical (unpaired) electrons. The highest BCUT2D eigenvalue weighted by Crippen LogP contribution is 2.32. The van der Waals surface area contributed by atoms with Gasteiger partial charge in [0.15, 0.2) is 11.5 Å². The highest BCUT2D eigenvalue weighted by atomic mass is 79.9. The van der Waals surface area contributed by atoms with Gasteiger partial charge in [-0.15, -0.1) is 0 Å². The summed E-state index contributed by atoms with van der Waals surface area (Å²) in [5.74, 6) is 0.216. The fraction of sp³-hybridized carbons (Fsp3) is 0.125. The number of amides is 1. The summed E-state index contributed by atoms with van der Waals surface area (Å²) < 4.78 is 11.7. The minimum absolute atomic E-state index is 0.0706. The predicted octanol–water partition coefficient (Wildman–Crippen LogP) is 3.70. The van der Waals surface area contributed by atoms with Crippen LogP contribution in [0.25, 0.3) is 0 Å². The van der Waals surface area contributed by atoms with E-state index in [4.69, 9.17) is 9.47 Å². The normalized spacial score (nSPS) is 10.7. The fourth-order valence-corrected chi connectivity index (χ4v) is 2.74. The first-order valence-electron chi connectivity index (χ1n) is 6.69. The van der Waals surface area contributed by atoms with Gasteiger partial charge in [0.25, 0.3) is 5.91 Å². The molecule has 0 atom stereocenters. The average molecular weight is 458 g/mol. The summed E-state index contributed by atoms with van der Waals surface area (Å²) in [4.78, 5) is 12.2. The van der Waals surface area contributed by atoms with Crippen LogP contribution in [0.4, 0.5) is 0 Å². The molecule has 8 heteroatoms. The van der Waals surface area contributed by atoms with Crippen molar-refractivity contribution >= 4 is 44.0 Å². The molecule has 0 unspecified atom stereocenters. The molecule has 2 aromatic carbocycles. The largest absolute Gasteiger partial charge is 0.504 e. The maximum atomic E-state index is 12.2. The third-order valence-corrected chi connectivity index (χ3v) is 4.02. The van der Waals surface area contributed by atoms with Crippen LogP contribution in [-0.4, -0.2) is 31.4 Å². The molecule has 0 saturated carbocycles. The Labute approximate surface area is 155 Å². The molecular weight excluding hydrogens is 444 g/mol. The van der Waals surface area contributed by atoms with E-state index in [1.165, 1.54) is 20.4 Å². The molecule has 0 fully saturated rings. The molecule has 0 aliphatic heterocycles. The Balaban J connectivity index is 2.19. The second-order valence-corrected chi connectivity index (χ2v) is 6.42. The lowest BCUT2D eigenvalue weighted by atomic mass is 10.2. The second kappa shape index (κ2) is 8.16. The van der Waals surface area contributed by atoms with Crippen LogP contribution in [0.1, 0.15) is 15.9 Å². The van der Waals surface area contributed by atoms with Crippen LogP contribution >= 0.6 is 31.9 Å². The topological polar surface area (TPSA) is 80.2 Å². The Hall–Kier alpha value is -2.06. The molecule has 2 aromatic rings. The van der Waals surface area contributed by atoms with Gasteiger partial charge >= 0.3 is 0 Å². The third kappa shape index (κ3) is 4.27. The fourth-order valence-electron chi connectivity index (χ4n) is 1.93. The van der Waals surface area contributed by atoms with Crippen molar-refractivity contribution in [3.05, 3.63) is 50.4 Å². The second-order valence-electron chi connectivity index (χ2n) is 4.59. The van der Waals surface area contributed by atoms with E-state index in [1.54, 1.807) is 30.3 Å². The van der Waals surface area contributed by atoms with Gasteiger partial charge in [-0.2, -0.15) is 5.10 Å². The lowest BCUT2D eigenvalue weighted by Crippen LogP contribution is -2.18. The van der Waals surface area contributed by atoms with Crippen molar-refractivity contribution in [3.8, 4) is 17.2 Å². The van der Waals surface area contributed by atoms with Crippen molar-refractivity contribution in [2.45, 2.75) is 0 Å². The van der Waals surface area contributed by atoms with E-state index in [9.17, 15) is 9.90 Å². The molecule has 0 spiro atoms. The van der Waals surface area contributed by atoms with Crippen LogP contribution < -0.4 is 14.9 Å². The van der Waals surface area contributed by atoms with E-state index < -0.39 is 5.91 Å². The molecule has 0 aliphatic rings. The monoisotopic (exact) mass is 456 g/mol. The summed E-state index contributed by atoms with van der Waals surface area (Å²) >= 11 is 6.62. The number of nitrogens with one attached hydrogen (secondary N) is 1. The zero-order chi connectivity index (χ0) is 17.7. The van der Waals surface area contributed by atoms with Gasteiger partial charge in [0.05, 0.1) is 26.0 Å². The molecule has 2 rings (SSSR count). The molecule has 6 nitrogen and oxygen atoms in total. The highest BCUT2D eigenvalue weighted by molar-refractivity contribution is 9.10. The van der Waals surface area contributed by atoms with Crippen molar-refractivity contribution in [1.29, 1.82) is 0 Å². The first kappa shape index (κ1) is 18.3. The number of hydrazone groups is 1. The summed E-state index contributed by atoms with van der Waals surface area (Å²) in [5, 5.41) is 13.9. The van der Waals surface area contributed by atoms with Gasteiger partial charge in [-0.3, -0.25) is 4.79 Å². The molecule has 24 heavy (non-hydrogen) atoms. The maximum absolute atomic E-state index is 12.2. The Morgan fingerprint density at radius 1 is 1.12 bits per heavy atom. The average Bonchev–Trinajstić information content (AvgIpc) is 2.57. The molecule has 0 heterocycles. The number of phenols is 1. The number of benzene rings is 2. The Morgan fingerprint density at radius 2 is 1.83 bits per heavy atom. The van der Waals surface area contributed by atoms with Crippen molar-refractivity contribution in [3.63, 3.8) is 0 Å². The van der Waals surface area contributed by atoms with Crippen molar-refractivity contribution < 1.29 is 19.4 Å². The minimum Gasteiger partial charge on any atom is -0.504 e. The van der Waals surface area contributed by atoms with Crippen LogP contribution in [0, 0.1) is 0 Å². The van der Waals surface area contributed by atoms with E-state index >= 15 is 0 Å². The summed E-state index contributed by atoms with van der Waals surface area (Å²) in [5.41, 5.74) is 3.12. The summed E-state index contributed by atoms with van der Waals surface area (Å²) in [6.07, 6.45) is 1.32. The summed E-state index contributed by atoms with van der Waals surface area (Å²) in [6, 6.07) is 8.34. The molecular formula is C16H14Br2N2O4. The van der Waals surface area contributed by atoms with Gasteiger partial charge in [-0.25, -0.2) is 5.43 Å². The number of halogens is 2. The Bertz CT molecular complexity index is 794. The van der Waals surface area contributed by atoms with Gasteiger partial charge in [-0.1, -0.05) is 31.9 Å². The molecule has 126 valence electrons. The van der Waals surface area contributed by atoms with Crippen molar-refractivity contribution in [2.24, 2.45) is 5.10 Å². The number of hydrogen-bond acceptors (Lipinski definition) is 5. The van der Waals surface area contributed by atoms with Crippen LogP contribution in [0.5, 0.6) is 17.2 Å². The van der Waals surface area contributed by atoms with E-state index in [-0.39, 0.29) is 5.75 Å². The highest BCUT2D eigenvalue weighted by Gasteiger charge is 2.12. The number of carbonyl (C=O) groups is 1.